The van der Waals surface area contributed by atoms with E-state index in [1.807, 2.05) is 18.2 Å². The molecule has 0 unspecified atom stereocenters. The van der Waals surface area contributed by atoms with E-state index < -0.39 is 16.5 Å². The predicted molar refractivity (Wildman–Crippen MR) is 106 cm³/mol. The maximum atomic E-state index is 12.9. The highest BCUT2D eigenvalue weighted by molar-refractivity contribution is 5.97. The number of carbonyl (C=O) groups excluding carboxylic acids is 1. The Morgan fingerprint density at radius 3 is 2.52 bits per heavy atom. The number of hydrogen-bond acceptors (Lipinski definition) is 5. The zero-order valence-corrected chi connectivity index (χ0v) is 15.7. The number of nitro groups is 1. The Balaban J connectivity index is 1.49. The number of fused-ring (bicyclic) bond motifs is 1. The van der Waals surface area contributed by atoms with Gasteiger partial charge in [0.2, 0.25) is 0 Å². The van der Waals surface area contributed by atoms with Crippen molar-refractivity contribution < 1.29 is 19.0 Å². The number of benzene rings is 2. The zero-order chi connectivity index (χ0) is 20.4. The van der Waals surface area contributed by atoms with Crippen molar-refractivity contribution in [2.45, 2.75) is 6.54 Å². The van der Waals surface area contributed by atoms with Gasteiger partial charge in [-0.05, 0) is 12.1 Å². The van der Waals surface area contributed by atoms with Crippen LogP contribution in [0.1, 0.15) is 15.9 Å². The molecule has 3 aromatic rings. The van der Waals surface area contributed by atoms with Gasteiger partial charge >= 0.3 is 5.63 Å². The third-order valence-electron chi connectivity index (χ3n) is 5.21. The number of non-ortho nitro benzene ring substituents is 1. The standard InChI is InChI=1S/C21H19N3O5/c25-20(23-10-8-22(9-11-23)14-15-4-2-1-3-5-15)18-13-16-12-17(24(27)28)6-7-19(16)29-21(18)26/h1-7,12-13H,8-11,14H2/p+1. The number of hydrogen-bond donors (Lipinski definition) is 1. The summed E-state index contributed by atoms with van der Waals surface area (Å²) in [4.78, 5) is 38.6. The highest BCUT2D eigenvalue weighted by atomic mass is 16.6. The summed E-state index contributed by atoms with van der Waals surface area (Å²) in [7, 11) is 0. The van der Waals surface area contributed by atoms with Crippen LogP contribution in [-0.4, -0.2) is 41.9 Å². The van der Waals surface area contributed by atoms with Crippen LogP contribution in [0.15, 0.2) is 63.8 Å². The Labute approximate surface area is 166 Å². The molecular formula is C21H20N3O5+. The van der Waals surface area contributed by atoms with Gasteiger partial charge in [-0.3, -0.25) is 14.9 Å². The number of nitro benzene ring substituents is 1. The topological polar surface area (TPSA) is 98.1 Å². The monoisotopic (exact) mass is 394 g/mol. The molecule has 1 aliphatic rings. The quantitative estimate of drug-likeness (QED) is 0.408. The second-order valence-corrected chi connectivity index (χ2v) is 7.13. The SMILES string of the molecule is O=C(c1cc2cc([N+](=O)[O-])ccc2oc1=O)N1CC[NH+](Cc2ccccc2)CC1. The fraction of sp³-hybridized carbons (Fsp3) is 0.238. The maximum Gasteiger partial charge on any atom is 0.349 e. The molecule has 1 aliphatic heterocycles. The lowest BCUT2D eigenvalue weighted by molar-refractivity contribution is -0.917. The van der Waals surface area contributed by atoms with Crippen molar-refractivity contribution >= 4 is 22.6 Å². The Bertz CT molecular complexity index is 1120. The average molecular weight is 394 g/mol. The van der Waals surface area contributed by atoms with E-state index in [1.54, 1.807) is 4.90 Å². The van der Waals surface area contributed by atoms with Gasteiger partial charge in [-0.1, -0.05) is 30.3 Å². The molecule has 0 atom stereocenters. The molecule has 0 spiro atoms. The lowest BCUT2D eigenvalue weighted by Gasteiger charge is -2.32. The lowest BCUT2D eigenvalue weighted by Crippen LogP contribution is -3.13. The molecule has 29 heavy (non-hydrogen) atoms. The smallest absolute Gasteiger partial charge is 0.349 e. The van der Waals surface area contributed by atoms with Crippen LogP contribution in [-0.2, 0) is 6.54 Å². The lowest BCUT2D eigenvalue weighted by atomic mass is 10.1. The van der Waals surface area contributed by atoms with E-state index in [9.17, 15) is 19.7 Å². The zero-order valence-electron chi connectivity index (χ0n) is 15.7. The van der Waals surface area contributed by atoms with Crippen LogP contribution in [0.25, 0.3) is 11.0 Å². The third-order valence-corrected chi connectivity index (χ3v) is 5.21. The second-order valence-electron chi connectivity index (χ2n) is 7.13. The van der Waals surface area contributed by atoms with Crippen LogP contribution >= 0.6 is 0 Å². The number of piperazine rings is 1. The van der Waals surface area contributed by atoms with Crippen molar-refractivity contribution in [1.82, 2.24) is 4.90 Å². The third kappa shape index (κ3) is 4.02. The van der Waals surface area contributed by atoms with Crippen molar-refractivity contribution in [2.24, 2.45) is 0 Å². The normalized spacial score (nSPS) is 14.8. The first-order chi connectivity index (χ1) is 14.0. The van der Waals surface area contributed by atoms with E-state index in [4.69, 9.17) is 4.42 Å². The molecule has 1 saturated heterocycles. The predicted octanol–water partition coefficient (Wildman–Crippen LogP) is 1.24. The molecule has 1 aromatic heterocycles. The van der Waals surface area contributed by atoms with E-state index in [2.05, 4.69) is 12.1 Å². The second kappa shape index (κ2) is 7.84. The van der Waals surface area contributed by atoms with E-state index in [0.717, 1.165) is 19.6 Å². The van der Waals surface area contributed by atoms with Gasteiger partial charge in [0.15, 0.2) is 0 Å². The number of quaternary nitrogens is 1. The molecule has 148 valence electrons. The van der Waals surface area contributed by atoms with Crippen molar-refractivity contribution in [2.75, 3.05) is 26.2 Å². The molecule has 1 amide bonds. The van der Waals surface area contributed by atoms with Crippen LogP contribution in [0.2, 0.25) is 0 Å². The Hall–Kier alpha value is -3.52. The van der Waals surface area contributed by atoms with Crippen LogP contribution in [0.5, 0.6) is 0 Å². The van der Waals surface area contributed by atoms with Crippen LogP contribution < -0.4 is 10.5 Å². The molecule has 1 N–H and O–H groups in total. The summed E-state index contributed by atoms with van der Waals surface area (Å²) in [5.41, 5.74) is 0.524. The van der Waals surface area contributed by atoms with Crippen molar-refractivity contribution in [3.05, 3.63) is 86.3 Å². The van der Waals surface area contributed by atoms with E-state index >= 15 is 0 Å². The fourth-order valence-corrected chi connectivity index (χ4v) is 3.63. The van der Waals surface area contributed by atoms with Gasteiger partial charge in [-0.25, -0.2) is 4.79 Å². The molecule has 2 aromatic carbocycles. The molecular weight excluding hydrogens is 374 g/mol. The Morgan fingerprint density at radius 1 is 1.10 bits per heavy atom. The number of rotatable bonds is 4. The molecule has 0 aliphatic carbocycles. The summed E-state index contributed by atoms with van der Waals surface area (Å²) < 4.78 is 5.21. The van der Waals surface area contributed by atoms with Gasteiger partial charge in [0.1, 0.15) is 17.7 Å². The largest absolute Gasteiger partial charge is 0.422 e. The number of nitrogens with one attached hydrogen (secondary N) is 1. The van der Waals surface area contributed by atoms with Crippen molar-refractivity contribution in [3.63, 3.8) is 0 Å². The van der Waals surface area contributed by atoms with E-state index in [0.29, 0.717) is 18.5 Å². The minimum atomic E-state index is -0.726. The highest BCUT2D eigenvalue weighted by Crippen LogP contribution is 2.21. The van der Waals surface area contributed by atoms with Gasteiger partial charge in [-0.15, -0.1) is 0 Å². The highest BCUT2D eigenvalue weighted by Gasteiger charge is 2.27. The van der Waals surface area contributed by atoms with Crippen molar-refractivity contribution in [3.8, 4) is 0 Å². The summed E-state index contributed by atoms with van der Waals surface area (Å²) in [6.07, 6.45) is 0. The molecule has 8 nitrogen and oxygen atoms in total. The first-order valence-corrected chi connectivity index (χ1v) is 9.40. The molecule has 0 radical (unpaired) electrons. The van der Waals surface area contributed by atoms with Gasteiger partial charge in [0.05, 0.1) is 31.1 Å². The molecule has 8 heteroatoms. The average Bonchev–Trinajstić information content (AvgIpc) is 2.73. The van der Waals surface area contributed by atoms with E-state index in [1.165, 1.54) is 34.7 Å². The van der Waals surface area contributed by atoms with Crippen LogP contribution in [0.4, 0.5) is 5.69 Å². The molecule has 1 fully saturated rings. The molecule has 4 rings (SSSR count). The van der Waals surface area contributed by atoms with Crippen LogP contribution in [0, 0.1) is 10.1 Å². The summed E-state index contributed by atoms with van der Waals surface area (Å²) in [5, 5.41) is 11.3. The molecule has 0 bridgehead atoms. The number of nitrogens with zero attached hydrogens (tertiary/aromatic N) is 2. The Kier molecular flexibility index (Phi) is 5.09. The van der Waals surface area contributed by atoms with Crippen molar-refractivity contribution in [1.29, 1.82) is 0 Å². The Morgan fingerprint density at radius 2 is 1.83 bits per heavy atom. The summed E-state index contributed by atoms with van der Waals surface area (Å²) >= 11 is 0. The van der Waals surface area contributed by atoms with Gasteiger partial charge in [-0.2, -0.15) is 0 Å². The number of amides is 1. The fourth-order valence-electron chi connectivity index (χ4n) is 3.63. The first kappa shape index (κ1) is 18.8. The summed E-state index contributed by atoms with van der Waals surface area (Å²) in [6.45, 7) is 3.53. The first-order valence-electron chi connectivity index (χ1n) is 9.40. The summed E-state index contributed by atoms with van der Waals surface area (Å²) in [6, 6.07) is 15.5. The molecule has 0 saturated carbocycles. The van der Waals surface area contributed by atoms with E-state index in [-0.39, 0.29) is 16.8 Å². The van der Waals surface area contributed by atoms with Crippen LogP contribution in [0.3, 0.4) is 0 Å². The van der Waals surface area contributed by atoms with Gasteiger partial charge in [0, 0.05) is 23.1 Å². The van der Waals surface area contributed by atoms with Gasteiger partial charge in [0.25, 0.3) is 11.6 Å². The summed E-state index contributed by atoms with van der Waals surface area (Å²) in [5.74, 6) is -0.397. The molecule has 2 heterocycles. The van der Waals surface area contributed by atoms with Gasteiger partial charge < -0.3 is 14.2 Å². The minimum Gasteiger partial charge on any atom is -0.422 e. The maximum absolute atomic E-state index is 12.9. The minimum absolute atomic E-state index is 0.0930. The number of carbonyl (C=O) groups is 1.